The first-order chi connectivity index (χ1) is 11.2. The van der Waals surface area contributed by atoms with Gasteiger partial charge in [0.15, 0.2) is 0 Å². The lowest BCUT2D eigenvalue weighted by atomic mass is 10.0. The Morgan fingerprint density at radius 3 is 2.39 bits per heavy atom. The molecule has 1 aromatic carbocycles. The molecule has 0 aliphatic carbocycles. The number of benzene rings is 1. The van der Waals surface area contributed by atoms with E-state index >= 15 is 0 Å². The number of hydrogen-bond acceptors (Lipinski definition) is 4. The highest BCUT2D eigenvalue weighted by atomic mass is 16.1. The van der Waals surface area contributed by atoms with Gasteiger partial charge in [0.2, 0.25) is 5.95 Å². The van der Waals surface area contributed by atoms with Crippen molar-refractivity contribution in [3.63, 3.8) is 0 Å². The molecule has 0 spiro atoms. The molecular formula is C18H24N4O. The van der Waals surface area contributed by atoms with Crippen LogP contribution in [0.1, 0.15) is 48.8 Å². The number of carbonyl (C=O) groups is 1. The van der Waals surface area contributed by atoms with Crippen molar-refractivity contribution >= 4 is 17.5 Å². The fourth-order valence-corrected chi connectivity index (χ4v) is 2.39. The molecule has 122 valence electrons. The Hall–Kier alpha value is -2.43. The quantitative estimate of drug-likeness (QED) is 0.818. The third-order valence-electron chi connectivity index (χ3n) is 3.66. The second-order valence-corrected chi connectivity index (χ2v) is 5.30. The van der Waals surface area contributed by atoms with Crippen molar-refractivity contribution < 1.29 is 4.79 Å². The zero-order valence-electron chi connectivity index (χ0n) is 14.0. The number of anilines is 2. The van der Waals surface area contributed by atoms with Gasteiger partial charge >= 0.3 is 0 Å². The van der Waals surface area contributed by atoms with Crippen LogP contribution in [0.15, 0.2) is 30.5 Å². The zero-order chi connectivity index (χ0) is 16.7. The van der Waals surface area contributed by atoms with Gasteiger partial charge in [-0.1, -0.05) is 39.0 Å². The van der Waals surface area contributed by atoms with Gasteiger partial charge in [0.25, 0.3) is 5.91 Å². The highest BCUT2D eigenvalue weighted by Crippen LogP contribution is 2.23. The molecule has 5 heteroatoms. The molecule has 2 aromatic rings. The van der Waals surface area contributed by atoms with Crippen molar-refractivity contribution in [2.75, 3.05) is 17.2 Å². The maximum Gasteiger partial charge on any atom is 0.274 e. The Morgan fingerprint density at radius 2 is 1.78 bits per heavy atom. The highest BCUT2D eigenvalue weighted by molar-refractivity contribution is 6.03. The van der Waals surface area contributed by atoms with Gasteiger partial charge in [-0.3, -0.25) is 4.79 Å². The molecule has 0 aliphatic heterocycles. The van der Waals surface area contributed by atoms with Gasteiger partial charge in [0, 0.05) is 18.4 Å². The van der Waals surface area contributed by atoms with Gasteiger partial charge in [-0.05, 0) is 36.5 Å². The summed E-state index contributed by atoms with van der Waals surface area (Å²) in [6, 6.07) is 7.75. The van der Waals surface area contributed by atoms with Gasteiger partial charge in [-0.25, -0.2) is 9.97 Å². The van der Waals surface area contributed by atoms with Gasteiger partial charge in [-0.15, -0.1) is 0 Å². The van der Waals surface area contributed by atoms with Crippen molar-refractivity contribution in [3.8, 4) is 0 Å². The average Bonchev–Trinajstić information content (AvgIpc) is 2.60. The summed E-state index contributed by atoms with van der Waals surface area (Å²) in [6.45, 7) is 7.02. The van der Waals surface area contributed by atoms with Crippen LogP contribution >= 0.6 is 0 Å². The van der Waals surface area contributed by atoms with Crippen molar-refractivity contribution in [3.05, 3.63) is 47.3 Å². The lowest BCUT2D eigenvalue weighted by Gasteiger charge is -2.14. The Balaban J connectivity index is 2.22. The molecule has 0 saturated heterocycles. The van der Waals surface area contributed by atoms with Gasteiger partial charge < -0.3 is 10.6 Å². The largest absolute Gasteiger partial charge is 0.354 e. The molecule has 0 radical (unpaired) electrons. The van der Waals surface area contributed by atoms with Crippen molar-refractivity contribution in [2.24, 2.45) is 0 Å². The van der Waals surface area contributed by atoms with E-state index in [2.05, 4.69) is 41.4 Å². The molecule has 1 amide bonds. The maximum absolute atomic E-state index is 12.5. The molecule has 0 saturated carbocycles. The molecule has 1 heterocycles. The Bertz CT molecular complexity index is 648. The summed E-state index contributed by atoms with van der Waals surface area (Å²) in [7, 11) is 0. The van der Waals surface area contributed by atoms with Crippen LogP contribution in [0.4, 0.5) is 11.6 Å². The third-order valence-corrected chi connectivity index (χ3v) is 3.66. The molecule has 0 atom stereocenters. The molecular weight excluding hydrogens is 288 g/mol. The molecule has 0 bridgehead atoms. The van der Waals surface area contributed by atoms with Crippen LogP contribution < -0.4 is 10.6 Å². The number of rotatable bonds is 7. The summed E-state index contributed by atoms with van der Waals surface area (Å²) in [4.78, 5) is 21.0. The van der Waals surface area contributed by atoms with Gasteiger partial charge in [0.1, 0.15) is 5.69 Å². The van der Waals surface area contributed by atoms with Crippen LogP contribution in [0.5, 0.6) is 0 Å². The summed E-state index contributed by atoms with van der Waals surface area (Å²) >= 11 is 0. The monoisotopic (exact) mass is 312 g/mol. The predicted molar refractivity (Wildman–Crippen MR) is 94.0 cm³/mol. The van der Waals surface area contributed by atoms with Crippen molar-refractivity contribution in [1.29, 1.82) is 0 Å². The van der Waals surface area contributed by atoms with Crippen LogP contribution in [0.25, 0.3) is 0 Å². The molecule has 0 unspecified atom stereocenters. The SMILES string of the molecule is CCCNc1nccc(C(=O)Nc2c(CC)cccc2CC)n1. The minimum atomic E-state index is -0.206. The van der Waals surface area contributed by atoms with E-state index in [4.69, 9.17) is 0 Å². The zero-order valence-corrected chi connectivity index (χ0v) is 14.0. The molecule has 5 nitrogen and oxygen atoms in total. The first-order valence-corrected chi connectivity index (χ1v) is 8.18. The first-order valence-electron chi connectivity index (χ1n) is 8.18. The minimum Gasteiger partial charge on any atom is -0.354 e. The number of amides is 1. The normalized spacial score (nSPS) is 10.4. The van der Waals surface area contributed by atoms with E-state index in [-0.39, 0.29) is 5.91 Å². The molecule has 0 aliphatic rings. The topological polar surface area (TPSA) is 66.9 Å². The van der Waals surface area contributed by atoms with Crippen LogP contribution in [0.3, 0.4) is 0 Å². The van der Waals surface area contributed by atoms with E-state index in [1.165, 1.54) is 0 Å². The van der Waals surface area contributed by atoms with Crippen molar-refractivity contribution in [1.82, 2.24) is 9.97 Å². The molecule has 0 fully saturated rings. The maximum atomic E-state index is 12.5. The van der Waals surface area contributed by atoms with Gasteiger partial charge in [0.05, 0.1) is 0 Å². The number of hydrogen-bond donors (Lipinski definition) is 2. The van der Waals surface area contributed by atoms with Gasteiger partial charge in [-0.2, -0.15) is 0 Å². The second-order valence-electron chi connectivity index (χ2n) is 5.30. The number of nitrogens with one attached hydrogen (secondary N) is 2. The Labute approximate surface area is 137 Å². The number of aromatic nitrogens is 2. The summed E-state index contributed by atoms with van der Waals surface area (Å²) in [6.07, 6.45) is 4.32. The summed E-state index contributed by atoms with van der Waals surface area (Å²) in [5, 5.41) is 6.12. The lowest BCUT2D eigenvalue weighted by Crippen LogP contribution is -2.17. The number of para-hydroxylation sites is 1. The molecule has 1 aromatic heterocycles. The van der Waals surface area contributed by atoms with Crippen LogP contribution in [-0.2, 0) is 12.8 Å². The van der Waals surface area contributed by atoms with Crippen LogP contribution in [0.2, 0.25) is 0 Å². The number of carbonyl (C=O) groups excluding carboxylic acids is 1. The molecule has 23 heavy (non-hydrogen) atoms. The standard InChI is InChI=1S/C18H24N4O/c1-4-11-19-18-20-12-10-15(21-18)17(23)22-16-13(5-2)8-7-9-14(16)6-3/h7-10,12H,4-6,11H2,1-3H3,(H,22,23)(H,19,20,21). The third kappa shape index (κ3) is 4.28. The summed E-state index contributed by atoms with van der Waals surface area (Å²) < 4.78 is 0. The summed E-state index contributed by atoms with van der Waals surface area (Å²) in [5.74, 6) is 0.279. The average molecular weight is 312 g/mol. The Morgan fingerprint density at radius 1 is 1.09 bits per heavy atom. The second kappa shape index (κ2) is 8.27. The van der Waals surface area contributed by atoms with E-state index in [0.29, 0.717) is 11.6 Å². The van der Waals surface area contributed by atoms with Crippen LogP contribution in [0, 0.1) is 0 Å². The predicted octanol–water partition coefficient (Wildman–Crippen LogP) is 3.68. The van der Waals surface area contributed by atoms with Crippen molar-refractivity contribution in [2.45, 2.75) is 40.0 Å². The lowest BCUT2D eigenvalue weighted by molar-refractivity contribution is 0.102. The minimum absolute atomic E-state index is 0.206. The fourth-order valence-electron chi connectivity index (χ4n) is 2.39. The Kier molecular flexibility index (Phi) is 6.09. The van der Waals surface area contributed by atoms with Crippen LogP contribution in [-0.4, -0.2) is 22.4 Å². The van der Waals surface area contributed by atoms with E-state index in [1.54, 1.807) is 12.3 Å². The number of aryl methyl sites for hydroxylation is 2. The molecule has 2 N–H and O–H groups in total. The first kappa shape index (κ1) is 16.9. The fraction of sp³-hybridized carbons (Fsp3) is 0.389. The smallest absolute Gasteiger partial charge is 0.274 e. The van der Waals surface area contributed by atoms with E-state index in [9.17, 15) is 4.79 Å². The molecule has 2 rings (SSSR count). The van der Waals surface area contributed by atoms with E-state index in [1.807, 2.05) is 18.2 Å². The number of nitrogens with zero attached hydrogens (tertiary/aromatic N) is 2. The highest BCUT2D eigenvalue weighted by Gasteiger charge is 2.13. The van der Waals surface area contributed by atoms with E-state index < -0.39 is 0 Å². The van der Waals surface area contributed by atoms with E-state index in [0.717, 1.165) is 42.6 Å². The summed E-state index contributed by atoms with van der Waals surface area (Å²) in [5.41, 5.74) is 3.54.